The lowest BCUT2D eigenvalue weighted by atomic mass is 9.55. The normalized spacial score (nSPS) is 33.9. The molecule has 0 saturated heterocycles. The quantitative estimate of drug-likeness (QED) is 0.353. The van der Waals surface area contributed by atoms with Crippen LogP contribution < -0.4 is 0 Å². The number of hydrogen-bond donors (Lipinski definition) is 1. The fraction of sp³-hybridized carbons (Fsp3) is 0.667. The highest BCUT2D eigenvalue weighted by Crippen LogP contribution is 2.52. The van der Waals surface area contributed by atoms with Crippen molar-refractivity contribution < 1.29 is 4.79 Å². The third kappa shape index (κ3) is 5.23. The van der Waals surface area contributed by atoms with Gasteiger partial charge in [-0.2, -0.15) is 12.6 Å². The summed E-state index contributed by atoms with van der Waals surface area (Å²) in [6.45, 7) is 4.84. The minimum Gasteiger partial charge on any atom is -0.302 e. The summed E-state index contributed by atoms with van der Waals surface area (Å²) in [6.07, 6.45) is 9.11. The van der Waals surface area contributed by atoms with E-state index in [1.165, 1.54) is 24.6 Å². The number of rotatable bonds is 4. The Kier molecular flexibility index (Phi) is 7.84. The Bertz CT molecular complexity index is 287. The van der Waals surface area contributed by atoms with Crippen molar-refractivity contribution in [2.24, 2.45) is 23.7 Å². The maximum Gasteiger partial charge on any atom is 0.130 e. The molecule has 0 N–H and O–H groups in total. The molecule has 3 fully saturated rings. The summed E-state index contributed by atoms with van der Waals surface area (Å²) < 4.78 is 0. The topological polar surface area (TPSA) is 17.1 Å². The fourth-order valence-corrected chi connectivity index (χ4v) is 3.50. The van der Waals surface area contributed by atoms with Gasteiger partial charge in [-0.1, -0.05) is 26.0 Å². The van der Waals surface area contributed by atoms with Gasteiger partial charge in [0.25, 0.3) is 0 Å². The maximum atomic E-state index is 9.75. The Labute approximate surface area is 121 Å². The second-order valence-corrected chi connectivity index (χ2v) is 6.60. The van der Waals surface area contributed by atoms with Crippen LogP contribution in [0.2, 0.25) is 0 Å². The van der Waals surface area contributed by atoms with Gasteiger partial charge in [-0.25, -0.2) is 0 Å². The van der Waals surface area contributed by atoms with E-state index < -0.39 is 0 Å². The number of thioether (sulfide) groups is 1. The monoisotopic (exact) mass is 284 g/mol. The molecule has 3 saturated carbocycles. The predicted molar refractivity (Wildman–Crippen MR) is 84.9 cm³/mol. The van der Waals surface area contributed by atoms with Crippen LogP contribution in [0.25, 0.3) is 0 Å². The average molecular weight is 284 g/mol. The molecule has 3 heteroatoms. The Morgan fingerprint density at radius 1 is 1.17 bits per heavy atom. The molecule has 18 heavy (non-hydrogen) atoms. The van der Waals surface area contributed by atoms with Gasteiger partial charge in [-0.15, -0.1) is 11.8 Å². The van der Waals surface area contributed by atoms with Gasteiger partial charge < -0.3 is 4.79 Å². The van der Waals surface area contributed by atoms with Crippen LogP contribution in [-0.4, -0.2) is 12.0 Å². The molecule has 102 valence electrons. The lowest BCUT2D eigenvalue weighted by Gasteiger charge is -2.50. The predicted octanol–water partition coefficient (Wildman–Crippen LogP) is 4.56. The van der Waals surface area contributed by atoms with Crippen LogP contribution in [0.4, 0.5) is 0 Å². The fourth-order valence-electron chi connectivity index (χ4n) is 3.00. The van der Waals surface area contributed by atoms with Crippen molar-refractivity contribution in [3.63, 3.8) is 0 Å². The van der Waals surface area contributed by atoms with Crippen LogP contribution in [0.15, 0.2) is 23.0 Å². The van der Waals surface area contributed by atoms with Gasteiger partial charge in [0.05, 0.1) is 5.75 Å². The Balaban J connectivity index is 0.000000180. The van der Waals surface area contributed by atoms with Crippen molar-refractivity contribution in [3.8, 4) is 0 Å². The van der Waals surface area contributed by atoms with E-state index in [2.05, 4.69) is 26.5 Å². The Hall–Kier alpha value is -0.150. The van der Waals surface area contributed by atoms with Crippen LogP contribution in [0.3, 0.4) is 0 Å². The number of hydrogen-bond acceptors (Lipinski definition) is 3. The number of thiol groups is 1. The number of carbonyl (C=O) groups excluding carboxylic acids is 1. The second-order valence-electron chi connectivity index (χ2n) is 5.36. The molecule has 2 bridgehead atoms. The highest BCUT2D eigenvalue weighted by molar-refractivity contribution is 8.02. The summed E-state index contributed by atoms with van der Waals surface area (Å²) in [5, 5.41) is 3.49. The molecule has 0 heterocycles. The van der Waals surface area contributed by atoms with E-state index in [9.17, 15) is 4.79 Å². The number of carbonyl (C=O) groups is 1. The highest BCUT2D eigenvalue weighted by atomic mass is 32.2. The molecule has 1 nitrogen and oxygen atoms in total. The third-order valence-electron chi connectivity index (χ3n) is 4.04. The second kappa shape index (κ2) is 8.87. The van der Waals surface area contributed by atoms with Crippen molar-refractivity contribution in [1.29, 1.82) is 0 Å². The summed E-state index contributed by atoms with van der Waals surface area (Å²) in [7, 11) is 0. The van der Waals surface area contributed by atoms with Crippen molar-refractivity contribution in [2.45, 2.75) is 33.1 Å². The van der Waals surface area contributed by atoms with Crippen molar-refractivity contribution >= 4 is 30.7 Å². The smallest absolute Gasteiger partial charge is 0.130 e. The molecule has 0 aromatic carbocycles. The van der Waals surface area contributed by atoms with Crippen LogP contribution in [-0.2, 0) is 4.79 Å². The summed E-state index contributed by atoms with van der Waals surface area (Å²) in [5.41, 5.74) is 0. The molecule has 0 radical (unpaired) electrons. The minimum absolute atomic E-state index is 0.525. The lowest BCUT2D eigenvalue weighted by molar-refractivity contribution is -0.105. The van der Waals surface area contributed by atoms with Gasteiger partial charge in [0.2, 0.25) is 0 Å². The number of fused-ring (bicyclic) bond motifs is 2. The van der Waals surface area contributed by atoms with E-state index in [1.807, 2.05) is 11.5 Å². The van der Waals surface area contributed by atoms with Crippen molar-refractivity contribution in [2.75, 3.05) is 5.75 Å². The van der Waals surface area contributed by atoms with Gasteiger partial charge in [-0.05, 0) is 53.8 Å². The Morgan fingerprint density at radius 2 is 1.83 bits per heavy atom. The maximum absolute atomic E-state index is 9.75. The third-order valence-corrected chi connectivity index (χ3v) is 4.89. The highest BCUT2D eigenvalue weighted by Gasteiger charge is 2.42. The van der Waals surface area contributed by atoms with Crippen LogP contribution in [0, 0.1) is 23.7 Å². The van der Waals surface area contributed by atoms with Crippen LogP contribution in [0.5, 0.6) is 0 Å². The van der Waals surface area contributed by atoms with Gasteiger partial charge >= 0.3 is 0 Å². The Morgan fingerprint density at radius 3 is 2.28 bits per heavy atom. The largest absolute Gasteiger partial charge is 0.302 e. The SMILES string of the molecule is CC1CC2CC(C1)C2C.O=CCS/C=C\C=C\S. The first-order valence-electron chi connectivity index (χ1n) is 6.70. The first-order valence-corrected chi connectivity index (χ1v) is 8.26. The average Bonchev–Trinajstić information content (AvgIpc) is 2.39. The molecule has 3 aliphatic carbocycles. The molecule has 0 amide bonds. The van der Waals surface area contributed by atoms with Crippen molar-refractivity contribution in [3.05, 3.63) is 23.0 Å². The van der Waals surface area contributed by atoms with Gasteiger partial charge in [-0.3, -0.25) is 0 Å². The molecule has 3 aliphatic rings. The first kappa shape index (κ1) is 15.9. The van der Waals surface area contributed by atoms with E-state index in [4.69, 9.17) is 0 Å². The molecule has 0 aromatic rings. The van der Waals surface area contributed by atoms with E-state index >= 15 is 0 Å². The number of aldehydes is 1. The summed E-state index contributed by atoms with van der Waals surface area (Å²) in [6, 6.07) is 0. The standard InChI is InChI=1S/C9H16.C6H8OS2/c1-6-3-8-5-9(4-6)7(8)2;7-3-6-9-5-2-1-4-8/h6-9H,3-5H2,1-2H3;1-5,8H,6H2/b;4-1+,5-2-. The zero-order chi connectivity index (χ0) is 13.4. The van der Waals surface area contributed by atoms with E-state index in [1.54, 1.807) is 17.9 Å². The molecule has 3 rings (SSSR count). The van der Waals surface area contributed by atoms with Gasteiger partial charge in [0, 0.05) is 0 Å². The zero-order valence-electron chi connectivity index (χ0n) is 11.3. The molecule has 0 aliphatic heterocycles. The van der Waals surface area contributed by atoms with E-state index in [0.29, 0.717) is 5.75 Å². The summed E-state index contributed by atoms with van der Waals surface area (Å²) in [4.78, 5) is 9.75. The van der Waals surface area contributed by atoms with E-state index in [-0.39, 0.29) is 0 Å². The first-order chi connectivity index (χ1) is 8.69. The minimum atomic E-state index is 0.525. The molecule has 0 spiro atoms. The molecular weight excluding hydrogens is 260 g/mol. The molecular formula is C15H24OS2. The summed E-state index contributed by atoms with van der Waals surface area (Å²) in [5.74, 6) is 4.90. The molecule has 2 unspecified atom stereocenters. The van der Waals surface area contributed by atoms with Crippen molar-refractivity contribution in [1.82, 2.24) is 0 Å². The van der Waals surface area contributed by atoms with E-state index in [0.717, 1.165) is 30.0 Å². The number of allylic oxidation sites excluding steroid dienone is 2. The zero-order valence-corrected chi connectivity index (χ0v) is 13.0. The lowest BCUT2D eigenvalue weighted by Crippen LogP contribution is -2.41. The van der Waals surface area contributed by atoms with Crippen LogP contribution >= 0.6 is 24.4 Å². The van der Waals surface area contributed by atoms with Gasteiger partial charge in [0.15, 0.2) is 0 Å². The van der Waals surface area contributed by atoms with Crippen LogP contribution in [0.1, 0.15) is 33.1 Å². The van der Waals surface area contributed by atoms with Gasteiger partial charge in [0.1, 0.15) is 6.29 Å². The molecule has 0 aromatic heterocycles. The summed E-state index contributed by atoms with van der Waals surface area (Å²) >= 11 is 5.29. The molecule has 2 atom stereocenters.